The topological polar surface area (TPSA) is 96.0 Å². The number of para-hydroxylation sites is 1. The molecule has 0 bridgehead atoms. The van der Waals surface area contributed by atoms with Crippen LogP contribution in [0.3, 0.4) is 0 Å². The van der Waals surface area contributed by atoms with Crippen LogP contribution in [-0.4, -0.2) is 57.6 Å². The van der Waals surface area contributed by atoms with Gasteiger partial charge in [0.2, 0.25) is 21.8 Å². The molecule has 186 valence electrons. The van der Waals surface area contributed by atoms with Crippen LogP contribution in [-0.2, 0) is 26.2 Å². The highest BCUT2D eigenvalue weighted by molar-refractivity contribution is 7.92. The summed E-state index contributed by atoms with van der Waals surface area (Å²) in [6, 6.07) is 12.8. The molecule has 0 heterocycles. The van der Waals surface area contributed by atoms with Crippen LogP contribution in [0.5, 0.6) is 5.75 Å². The second-order valence-electron chi connectivity index (χ2n) is 7.81. The van der Waals surface area contributed by atoms with Crippen LogP contribution in [0.2, 0.25) is 5.02 Å². The van der Waals surface area contributed by atoms with Crippen molar-refractivity contribution in [3.05, 3.63) is 59.1 Å². The number of methoxy groups -OCH3 is 1. The van der Waals surface area contributed by atoms with E-state index < -0.39 is 28.5 Å². The van der Waals surface area contributed by atoms with Crippen LogP contribution < -0.4 is 14.4 Å². The molecular weight excluding hydrogens is 478 g/mol. The smallest absolute Gasteiger partial charge is 0.244 e. The fourth-order valence-electron chi connectivity index (χ4n) is 3.50. The van der Waals surface area contributed by atoms with E-state index >= 15 is 0 Å². The van der Waals surface area contributed by atoms with E-state index in [1.165, 1.54) is 11.0 Å². The molecule has 1 N–H and O–H groups in total. The van der Waals surface area contributed by atoms with Crippen LogP contribution in [0.4, 0.5) is 5.69 Å². The number of hydrogen-bond acceptors (Lipinski definition) is 5. The number of ether oxygens (including phenoxy) is 1. The summed E-state index contributed by atoms with van der Waals surface area (Å²) < 4.78 is 31.4. The number of nitrogens with one attached hydrogen (secondary N) is 1. The van der Waals surface area contributed by atoms with E-state index in [1.54, 1.807) is 43.5 Å². The number of rotatable bonds is 12. The maximum absolute atomic E-state index is 13.6. The van der Waals surface area contributed by atoms with Gasteiger partial charge in [0.05, 0.1) is 24.1 Å². The van der Waals surface area contributed by atoms with E-state index in [0.717, 1.165) is 22.5 Å². The first-order valence-corrected chi connectivity index (χ1v) is 13.3. The number of carbonyl (C=O) groups is 2. The summed E-state index contributed by atoms with van der Waals surface area (Å²) in [5.41, 5.74) is 0.947. The van der Waals surface area contributed by atoms with Gasteiger partial charge < -0.3 is 15.0 Å². The molecule has 10 heteroatoms. The highest BCUT2D eigenvalue weighted by Gasteiger charge is 2.32. The van der Waals surface area contributed by atoms with Crippen molar-refractivity contribution in [3.63, 3.8) is 0 Å². The molecule has 2 aromatic rings. The minimum atomic E-state index is -3.84. The lowest BCUT2D eigenvalue weighted by atomic mass is 10.1. The minimum absolute atomic E-state index is 0.105. The summed E-state index contributed by atoms with van der Waals surface area (Å²) in [6.07, 6.45) is 2.12. The first kappa shape index (κ1) is 27.5. The van der Waals surface area contributed by atoms with Crippen LogP contribution >= 0.6 is 11.6 Å². The van der Waals surface area contributed by atoms with E-state index in [-0.39, 0.29) is 23.2 Å². The van der Waals surface area contributed by atoms with Gasteiger partial charge in [-0.3, -0.25) is 13.9 Å². The number of halogens is 1. The van der Waals surface area contributed by atoms with Gasteiger partial charge in [0, 0.05) is 13.1 Å². The molecule has 8 nitrogen and oxygen atoms in total. The number of benzene rings is 2. The van der Waals surface area contributed by atoms with Gasteiger partial charge in [-0.05, 0) is 42.7 Å². The fraction of sp³-hybridized carbons (Fsp3) is 0.417. The molecule has 1 atom stereocenters. The number of sulfonamides is 1. The number of amides is 2. The molecule has 2 amide bonds. The zero-order chi connectivity index (χ0) is 25.3. The summed E-state index contributed by atoms with van der Waals surface area (Å²) >= 11 is 6.24. The first-order valence-electron chi connectivity index (χ1n) is 11.0. The summed E-state index contributed by atoms with van der Waals surface area (Å²) in [6.45, 7) is 3.84. The van der Waals surface area contributed by atoms with Crippen LogP contribution in [0.1, 0.15) is 32.3 Å². The molecule has 0 aliphatic heterocycles. The van der Waals surface area contributed by atoms with E-state index in [2.05, 4.69) is 5.32 Å². The Morgan fingerprint density at radius 1 is 1.12 bits per heavy atom. The minimum Gasteiger partial charge on any atom is -0.497 e. The quantitative estimate of drug-likeness (QED) is 0.472. The predicted octanol–water partition coefficient (Wildman–Crippen LogP) is 3.45. The van der Waals surface area contributed by atoms with Crippen LogP contribution in [0.25, 0.3) is 0 Å². The Morgan fingerprint density at radius 3 is 2.41 bits per heavy atom. The highest BCUT2D eigenvalue weighted by atomic mass is 35.5. The normalized spacial score (nSPS) is 12.0. The monoisotopic (exact) mass is 509 g/mol. The Balaban J connectivity index is 2.45. The van der Waals surface area contributed by atoms with Gasteiger partial charge in [-0.1, -0.05) is 49.7 Å². The van der Waals surface area contributed by atoms with Crippen LogP contribution in [0, 0.1) is 0 Å². The van der Waals surface area contributed by atoms with Crippen molar-refractivity contribution in [2.75, 3.05) is 30.8 Å². The molecule has 0 radical (unpaired) electrons. The lowest BCUT2D eigenvalue weighted by Gasteiger charge is -2.33. The molecule has 0 unspecified atom stereocenters. The van der Waals surface area contributed by atoms with Gasteiger partial charge in [0.15, 0.2) is 0 Å². The Kier molecular flexibility index (Phi) is 10.2. The number of anilines is 1. The first-order chi connectivity index (χ1) is 16.1. The van der Waals surface area contributed by atoms with Gasteiger partial charge in [-0.15, -0.1) is 0 Å². The van der Waals surface area contributed by atoms with Gasteiger partial charge in [-0.2, -0.15) is 0 Å². The molecule has 0 spiro atoms. The third-order valence-corrected chi connectivity index (χ3v) is 6.67. The molecule has 0 aliphatic rings. The molecule has 0 fully saturated rings. The van der Waals surface area contributed by atoms with Crippen LogP contribution in [0.15, 0.2) is 48.5 Å². The average molecular weight is 510 g/mol. The number of carbonyl (C=O) groups excluding carboxylic acids is 2. The van der Waals surface area contributed by atoms with Gasteiger partial charge in [-0.25, -0.2) is 8.42 Å². The second kappa shape index (κ2) is 12.6. The van der Waals surface area contributed by atoms with E-state index in [1.807, 2.05) is 19.9 Å². The van der Waals surface area contributed by atoms with E-state index in [0.29, 0.717) is 18.7 Å². The summed E-state index contributed by atoms with van der Waals surface area (Å²) in [7, 11) is -2.29. The Morgan fingerprint density at radius 2 is 1.82 bits per heavy atom. The lowest BCUT2D eigenvalue weighted by Crippen LogP contribution is -2.52. The maximum Gasteiger partial charge on any atom is 0.244 e. The third kappa shape index (κ3) is 7.36. The Bertz CT molecular complexity index is 1090. The average Bonchev–Trinajstić information content (AvgIpc) is 2.80. The molecule has 2 rings (SSSR count). The molecule has 0 aliphatic carbocycles. The molecule has 34 heavy (non-hydrogen) atoms. The number of nitrogens with zero attached hydrogens (tertiary/aromatic N) is 2. The molecule has 0 saturated heterocycles. The fourth-order valence-corrected chi connectivity index (χ4v) is 4.65. The molecule has 0 saturated carbocycles. The zero-order valence-electron chi connectivity index (χ0n) is 20.0. The second-order valence-corrected chi connectivity index (χ2v) is 10.1. The van der Waals surface area contributed by atoms with Crippen molar-refractivity contribution in [1.29, 1.82) is 0 Å². The van der Waals surface area contributed by atoms with Gasteiger partial charge in [0.1, 0.15) is 18.3 Å². The standard InChI is InChI=1S/C24H32ClN3O5S/c1-5-14-26-24(30)21(6-2)27(16-18-10-9-11-19(15-18)33-3)23(29)17-28(34(4,31)32)22-13-8-7-12-20(22)25/h7-13,15,21H,5-6,14,16-17H2,1-4H3,(H,26,30)/t21-/m0/s1. The van der Waals surface area contributed by atoms with Crippen molar-refractivity contribution >= 4 is 39.1 Å². The predicted molar refractivity (Wildman–Crippen MR) is 135 cm³/mol. The van der Waals surface area contributed by atoms with Gasteiger partial charge in [0.25, 0.3) is 0 Å². The Labute approximate surface area is 206 Å². The summed E-state index contributed by atoms with van der Waals surface area (Å²) in [4.78, 5) is 27.9. The van der Waals surface area contributed by atoms with Gasteiger partial charge >= 0.3 is 0 Å². The van der Waals surface area contributed by atoms with Crippen molar-refractivity contribution in [2.24, 2.45) is 0 Å². The van der Waals surface area contributed by atoms with Crippen molar-refractivity contribution in [1.82, 2.24) is 10.2 Å². The zero-order valence-corrected chi connectivity index (χ0v) is 21.5. The third-order valence-electron chi connectivity index (χ3n) is 5.22. The SMILES string of the molecule is CCCNC(=O)[C@H](CC)N(Cc1cccc(OC)c1)C(=O)CN(c1ccccc1Cl)S(C)(=O)=O. The summed E-state index contributed by atoms with van der Waals surface area (Å²) in [5, 5.41) is 3.04. The van der Waals surface area contributed by atoms with Crippen molar-refractivity contribution < 1.29 is 22.7 Å². The largest absolute Gasteiger partial charge is 0.497 e. The lowest BCUT2D eigenvalue weighted by molar-refractivity contribution is -0.140. The van der Waals surface area contributed by atoms with E-state index in [9.17, 15) is 18.0 Å². The molecule has 2 aromatic carbocycles. The molecule has 0 aromatic heterocycles. The summed E-state index contributed by atoms with van der Waals surface area (Å²) in [5.74, 6) is -0.196. The Hall–Kier alpha value is -2.78. The van der Waals surface area contributed by atoms with E-state index in [4.69, 9.17) is 16.3 Å². The highest BCUT2D eigenvalue weighted by Crippen LogP contribution is 2.27. The maximum atomic E-state index is 13.6. The van der Waals surface area contributed by atoms with Crippen molar-refractivity contribution in [3.8, 4) is 5.75 Å². The van der Waals surface area contributed by atoms with Crippen molar-refractivity contribution in [2.45, 2.75) is 39.3 Å². The molecular formula is C24H32ClN3O5S. The number of hydrogen-bond donors (Lipinski definition) is 1.